The summed E-state index contributed by atoms with van der Waals surface area (Å²) in [5, 5.41) is 4.62. The van der Waals surface area contributed by atoms with E-state index in [0.717, 1.165) is 60.3 Å². The van der Waals surface area contributed by atoms with E-state index in [2.05, 4.69) is 53.3 Å². The van der Waals surface area contributed by atoms with E-state index in [9.17, 15) is 4.79 Å². The zero-order valence-electron chi connectivity index (χ0n) is 18.6. The molecule has 166 valence electrons. The molecule has 1 aromatic heterocycles. The molecular formula is C25H30N5OP. The van der Waals surface area contributed by atoms with Crippen LogP contribution >= 0.6 is 8.58 Å². The predicted octanol–water partition coefficient (Wildman–Crippen LogP) is 4.24. The van der Waals surface area contributed by atoms with Crippen molar-refractivity contribution in [3.8, 4) is 11.3 Å². The Labute approximate surface area is 191 Å². The van der Waals surface area contributed by atoms with Gasteiger partial charge in [0, 0.05) is 23.4 Å². The fourth-order valence-electron chi connectivity index (χ4n) is 4.05. The topological polar surface area (TPSA) is 84.1 Å². The first kappa shape index (κ1) is 22.4. The number of likely N-dealkylation sites (N-methyl/N-ethyl adjacent to an activating group) is 1. The molecule has 2 atom stereocenters. The zero-order valence-corrected chi connectivity index (χ0v) is 19.6. The minimum Gasteiger partial charge on any atom is -0.382 e. The summed E-state index contributed by atoms with van der Waals surface area (Å²) in [5.74, 6) is 0.408. The van der Waals surface area contributed by atoms with Gasteiger partial charge in [-0.1, -0.05) is 40.6 Å². The maximum atomic E-state index is 11.1. The third kappa shape index (κ3) is 4.98. The second kappa shape index (κ2) is 10.2. The smallest absolute Gasteiger partial charge is 0.150 e. The van der Waals surface area contributed by atoms with Crippen molar-refractivity contribution in [2.45, 2.75) is 32.5 Å². The Balaban J connectivity index is 1.54. The van der Waals surface area contributed by atoms with Gasteiger partial charge in [-0.2, -0.15) is 0 Å². The number of hydrogen-bond acceptors (Lipinski definition) is 6. The molecule has 2 unspecified atom stereocenters. The van der Waals surface area contributed by atoms with Gasteiger partial charge in [0.1, 0.15) is 17.8 Å². The van der Waals surface area contributed by atoms with Crippen molar-refractivity contribution in [1.82, 2.24) is 14.9 Å². The van der Waals surface area contributed by atoms with Crippen molar-refractivity contribution < 1.29 is 4.79 Å². The van der Waals surface area contributed by atoms with Crippen molar-refractivity contribution in [3.63, 3.8) is 0 Å². The number of aromatic nitrogens is 2. The van der Waals surface area contributed by atoms with Gasteiger partial charge in [0.05, 0.1) is 17.7 Å². The Hall–Kier alpha value is -2.82. The Bertz CT molecular complexity index is 1100. The van der Waals surface area contributed by atoms with Gasteiger partial charge in [0.15, 0.2) is 0 Å². The highest BCUT2D eigenvalue weighted by atomic mass is 31.1. The first-order valence-electron chi connectivity index (χ1n) is 11.2. The van der Waals surface area contributed by atoms with Crippen LogP contribution in [0.2, 0.25) is 0 Å². The van der Waals surface area contributed by atoms with Crippen molar-refractivity contribution in [1.29, 1.82) is 0 Å². The standard InChI is InChI=1S/C25H30N5OP/c1-3-11-30(4-2)12-10-17-6-5-7-19(13-17)21-15-27-24(26)23(28-21)25-29-20-9-8-18(16-31)14-22(20)32-25/h5-9,13-16,25,29,32H,3-4,10-12H2,1-2H3,(H2,26,27). The van der Waals surface area contributed by atoms with Crippen molar-refractivity contribution >= 4 is 31.7 Å². The van der Waals surface area contributed by atoms with E-state index in [1.54, 1.807) is 6.20 Å². The molecule has 4 rings (SSSR count). The van der Waals surface area contributed by atoms with Crippen LogP contribution in [0.15, 0.2) is 48.7 Å². The van der Waals surface area contributed by atoms with E-state index in [0.29, 0.717) is 20.0 Å². The van der Waals surface area contributed by atoms with Crippen LogP contribution in [0, 0.1) is 0 Å². The molecule has 0 spiro atoms. The number of anilines is 2. The maximum Gasteiger partial charge on any atom is 0.150 e. The fraction of sp³-hybridized carbons (Fsp3) is 0.320. The lowest BCUT2D eigenvalue weighted by Gasteiger charge is -2.19. The summed E-state index contributed by atoms with van der Waals surface area (Å²) >= 11 is 0. The monoisotopic (exact) mass is 447 g/mol. The highest BCUT2D eigenvalue weighted by molar-refractivity contribution is 7.49. The summed E-state index contributed by atoms with van der Waals surface area (Å²) in [7, 11) is 0.434. The molecule has 2 aromatic carbocycles. The Kier molecular flexibility index (Phi) is 7.13. The van der Waals surface area contributed by atoms with Crippen LogP contribution in [0.1, 0.15) is 47.7 Å². The van der Waals surface area contributed by atoms with Gasteiger partial charge in [-0.15, -0.1) is 0 Å². The average molecular weight is 448 g/mol. The number of hydrogen-bond donors (Lipinski definition) is 2. The highest BCUT2D eigenvalue weighted by Crippen LogP contribution is 2.43. The number of nitrogen functional groups attached to an aromatic ring is 1. The van der Waals surface area contributed by atoms with Gasteiger partial charge < -0.3 is 16.0 Å². The Morgan fingerprint density at radius 1 is 1.19 bits per heavy atom. The van der Waals surface area contributed by atoms with E-state index >= 15 is 0 Å². The lowest BCUT2D eigenvalue weighted by molar-refractivity contribution is 0.112. The largest absolute Gasteiger partial charge is 0.382 e. The molecule has 1 aliphatic rings. The highest BCUT2D eigenvalue weighted by Gasteiger charge is 2.26. The molecule has 0 aliphatic carbocycles. The number of benzene rings is 2. The number of nitrogens with two attached hydrogens (primary N) is 1. The SMILES string of the molecule is CCCN(CC)CCc1cccc(-c2cnc(N)c(C3Nc4ccc(C=O)cc4P3)n2)c1. The van der Waals surface area contributed by atoms with Crippen LogP contribution in [0.25, 0.3) is 11.3 Å². The molecule has 32 heavy (non-hydrogen) atoms. The summed E-state index contributed by atoms with van der Waals surface area (Å²) in [6.45, 7) is 7.70. The predicted molar refractivity (Wildman–Crippen MR) is 134 cm³/mol. The number of fused-ring (bicyclic) bond motifs is 1. The minimum atomic E-state index is -0.0327. The lowest BCUT2D eigenvalue weighted by atomic mass is 10.1. The molecule has 3 aromatic rings. The molecule has 0 bridgehead atoms. The van der Waals surface area contributed by atoms with Gasteiger partial charge in [0.2, 0.25) is 0 Å². The third-order valence-corrected chi connectivity index (χ3v) is 7.24. The molecule has 0 radical (unpaired) electrons. The number of nitrogens with one attached hydrogen (secondary N) is 1. The minimum absolute atomic E-state index is 0.0327. The molecule has 2 heterocycles. The summed E-state index contributed by atoms with van der Waals surface area (Å²) in [5.41, 5.74) is 11.9. The van der Waals surface area contributed by atoms with E-state index in [4.69, 9.17) is 10.7 Å². The summed E-state index contributed by atoms with van der Waals surface area (Å²) in [6.07, 6.45) is 4.82. The second-order valence-electron chi connectivity index (χ2n) is 8.05. The van der Waals surface area contributed by atoms with E-state index in [-0.39, 0.29) is 5.78 Å². The van der Waals surface area contributed by atoms with Gasteiger partial charge in [0.25, 0.3) is 0 Å². The van der Waals surface area contributed by atoms with Gasteiger partial charge in [-0.3, -0.25) is 4.79 Å². The van der Waals surface area contributed by atoms with Crippen molar-refractivity contribution in [3.05, 3.63) is 65.5 Å². The molecular weight excluding hydrogens is 417 g/mol. The van der Waals surface area contributed by atoms with Crippen molar-refractivity contribution in [2.24, 2.45) is 0 Å². The van der Waals surface area contributed by atoms with Crippen molar-refractivity contribution in [2.75, 3.05) is 30.7 Å². The molecule has 1 aliphatic heterocycles. The number of rotatable bonds is 9. The number of carbonyl (C=O) groups excluding carboxylic acids is 1. The summed E-state index contributed by atoms with van der Waals surface area (Å²) in [4.78, 5) is 23.0. The molecule has 0 saturated heterocycles. The number of aldehydes is 1. The molecule has 0 saturated carbocycles. The van der Waals surface area contributed by atoms with Crippen LogP contribution in [0.3, 0.4) is 0 Å². The number of carbonyl (C=O) groups is 1. The van der Waals surface area contributed by atoms with Gasteiger partial charge in [-0.05, 0) is 61.1 Å². The molecule has 3 N–H and O–H groups in total. The Morgan fingerprint density at radius 2 is 2.06 bits per heavy atom. The quantitative estimate of drug-likeness (QED) is 0.377. The molecule has 0 fully saturated rings. The van der Waals surface area contributed by atoms with Crippen LogP contribution in [-0.4, -0.2) is 40.8 Å². The van der Waals surface area contributed by atoms with Gasteiger partial charge >= 0.3 is 0 Å². The second-order valence-corrected chi connectivity index (χ2v) is 9.46. The zero-order chi connectivity index (χ0) is 22.5. The number of nitrogens with zero attached hydrogens (tertiary/aromatic N) is 3. The molecule has 7 heteroatoms. The van der Waals surface area contributed by atoms with Gasteiger partial charge in [-0.25, -0.2) is 9.97 Å². The van der Waals surface area contributed by atoms with E-state index in [1.165, 1.54) is 12.0 Å². The van der Waals surface area contributed by atoms with Crippen LogP contribution in [-0.2, 0) is 6.42 Å². The molecule has 6 nitrogen and oxygen atoms in total. The van der Waals surface area contributed by atoms with E-state index in [1.807, 2.05) is 18.2 Å². The Morgan fingerprint density at radius 3 is 2.84 bits per heavy atom. The summed E-state index contributed by atoms with van der Waals surface area (Å²) < 4.78 is 0. The average Bonchev–Trinajstić information content (AvgIpc) is 3.25. The fourth-order valence-corrected chi connectivity index (χ4v) is 5.49. The molecule has 0 amide bonds. The first-order chi connectivity index (χ1) is 15.6. The lowest BCUT2D eigenvalue weighted by Crippen LogP contribution is -2.26. The normalized spacial score (nSPS) is 15.7. The van der Waals surface area contributed by atoms with Crippen LogP contribution in [0.4, 0.5) is 11.5 Å². The third-order valence-electron chi connectivity index (χ3n) is 5.81. The maximum absolute atomic E-state index is 11.1. The van der Waals surface area contributed by atoms with Crippen LogP contribution < -0.4 is 16.4 Å². The van der Waals surface area contributed by atoms with E-state index < -0.39 is 0 Å². The first-order valence-corrected chi connectivity index (χ1v) is 12.2. The van der Waals surface area contributed by atoms with Crippen LogP contribution in [0.5, 0.6) is 0 Å². The summed E-state index contributed by atoms with van der Waals surface area (Å²) in [6, 6.07) is 14.2.